The smallest absolute Gasteiger partial charge is 0.407 e. The summed E-state index contributed by atoms with van der Waals surface area (Å²) >= 11 is 13.2. The van der Waals surface area contributed by atoms with Gasteiger partial charge in [0.2, 0.25) is 0 Å². The first kappa shape index (κ1) is 51.0. The third-order valence-corrected chi connectivity index (χ3v) is 11.2. The summed E-state index contributed by atoms with van der Waals surface area (Å²) in [6.45, 7) is 19.6. The van der Waals surface area contributed by atoms with Gasteiger partial charge < -0.3 is 43.9 Å². The molecule has 0 aliphatic heterocycles. The van der Waals surface area contributed by atoms with Crippen LogP contribution in [0.4, 0.5) is 4.79 Å². The predicted octanol–water partition coefficient (Wildman–Crippen LogP) is 9.39. The van der Waals surface area contributed by atoms with Gasteiger partial charge in [0.15, 0.2) is 0 Å². The van der Waals surface area contributed by atoms with Crippen LogP contribution in [0.5, 0.6) is 11.5 Å². The third kappa shape index (κ3) is 12.9. The summed E-state index contributed by atoms with van der Waals surface area (Å²) in [5, 5.41) is 8.28. The number of carbonyl (C=O) groups excluding carboxylic acids is 1. The Morgan fingerprint density at radius 1 is 0.723 bits per heavy atom. The van der Waals surface area contributed by atoms with Crippen LogP contribution in [0.25, 0.3) is 43.4 Å². The van der Waals surface area contributed by atoms with Crippen molar-refractivity contribution < 1.29 is 28.5 Å². The van der Waals surface area contributed by atoms with E-state index >= 15 is 0 Å². The number of benzene rings is 2. The van der Waals surface area contributed by atoms with Crippen LogP contribution >= 0.6 is 23.2 Å². The molecular formula is C49H64Cl2N6O8. The molecule has 0 radical (unpaired) electrons. The number of pyridine rings is 4. The molecular weight excluding hydrogens is 871 g/mol. The van der Waals surface area contributed by atoms with Crippen LogP contribution in [0.15, 0.2) is 58.4 Å². The number of ether oxygens (including phenoxy) is 5. The standard InChI is InChI=1S/C27H36ClN3O5.C22H28ClN3O3/c1-16(2)12-18(30-26(33)36-27(4,5)6)15-35-23-14-22-20(13-21(23)28)19-8-9-29-17(3)24(19)25(32)31(22)10-11-34-7;1-13(2)9-15(24)12-29-20-11-19-17(10-18(20)23)16-5-6-25-14(3)21(16)22(27)26(19)7-8-28-4/h8-9,13-14,16,18H,10-12,15H2,1-7H3,(H,30,33);5-6,10-11,13,15H,7-9,12,24H2,1-4H3/t18-;15-/m00/s1. The molecule has 3 N–H and O–H groups in total. The molecule has 6 rings (SSSR count). The van der Waals surface area contributed by atoms with Crippen molar-refractivity contribution in [1.29, 1.82) is 0 Å². The normalized spacial score (nSPS) is 12.8. The molecule has 16 heteroatoms. The van der Waals surface area contributed by atoms with Crippen molar-refractivity contribution in [3.63, 3.8) is 0 Å². The highest BCUT2D eigenvalue weighted by atomic mass is 35.5. The molecule has 14 nitrogen and oxygen atoms in total. The van der Waals surface area contributed by atoms with Crippen LogP contribution in [0.1, 0.15) is 72.7 Å². The molecule has 0 bridgehead atoms. The van der Waals surface area contributed by atoms with Gasteiger partial charge in [0.25, 0.3) is 11.1 Å². The maximum atomic E-state index is 13.4. The maximum Gasteiger partial charge on any atom is 0.407 e. The Morgan fingerprint density at radius 3 is 1.58 bits per heavy atom. The second-order valence-electron chi connectivity index (χ2n) is 18.1. The number of carbonyl (C=O) groups is 1. The Labute approximate surface area is 390 Å². The number of hydrogen-bond acceptors (Lipinski definition) is 11. The zero-order chi connectivity index (χ0) is 47.7. The van der Waals surface area contributed by atoms with Gasteiger partial charge in [-0.25, -0.2) is 4.79 Å². The molecule has 1 amide bonds. The summed E-state index contributed by atoms with van der Waals surface area (Å²) in [4.78, 5) is 47.6. The minimum atomic E-state index is -0.600. The van der Waals surface area contributed by atoms with E-state index in [4.69, 9.17) is 52.6 Å². The van der Waals surface area contributed by atoms with E-state index in [0.717, 1.165) is 33.5 Å². The van der Waals surface area contributed by atoms with Gasteiger partial charge in [-0.05, 0) is 94.3 Å². The highest BCUT2D eigenvalue weighted by Crippen LogP contribution is 2.35. The summed E-state index contributed by atoms with van der Waals surface area (Å²) in [6, 6.07) is 10.6. The zero-order valence-electron chi connectivity index (χ0n) is 39.5. The van der Waals surface area contributed by atoms with E-state index in [1.807, 2.05) is 65.0 Å². The second-order valence-corrected chi connectivity index (χ2v) is 18.9. The first-order chi connectivity index (χ1) is 30.7. The quantitative estimate of drug-likeness (QED) is 0.0836. The molecule has 0 aliphatic rings. The van der Waals surface area contributed by atoms with Crippen molar-refractivity contribution in [1.82, 2.24) is 24.4 Å². The minimum Gasteiger partial charge on any atom is -0.490 e. The van der Waals surface area contributed by atoms with Crippen LogP contribution < -0.4 is 31.6 Å². The molecule has 0 saturated heterocycles. The van der Waals surface area contributed by atoms with Crippen LogP contribution in [-0.2, 0) is 27.3 Å². The average molecular weight is 936 g/mol. The molecule has 0 saturated carbocycles. The number of aryl methyl sites for hydroxylation is 2. The van der Waals surface area contributed by atoms with Crippen molar-refractivity contribution in [2.45, 2.75) is 106 Å². The van der Waals surface area contributed by atoms with Gasteiger partial charge in [0.1, 0.15) is 30.3 Å². The van der Waals surface area contributed by atoms with Crippen LogP contribution in [0.2, 0.25) is 10.0 Å². The number of amides is 1. The monoisotopic (exact) mass is 934 g/mol. The first-order valence-electron chi connectivity index (χ1n) is 22.0. The largest absolute Gasteiger partial charge is 0.490 e. The van der Waals surface area contributed by atoms with E-state index in [9.17, 15) is 14.4 Å². The van der Waals surface area contributed by atoms with E-state index < -0.39 is 11.7 Å². The molecule has 4 aromatic heterocycles. The number of fused-ring (bicyclic) bond motifs is 6. The molecule has 6 aromatic rings. The molecule has 65 heavy (non-hydrogen) atoms. The number of nitrogens with two attached hydrogens (primary N) is 1. The highest BCUT2D eigenvalue weighted by molar-refractivity contribution is 6.33. The fraction of sp³-hybridized carbons (Fsp3) is 0.490. The molecule has 0 fully saturated rings. The molecule has 0 aliphatic carbocycles. The zero-order valence-corrected chi connectivity index (χ0v) is 41.0. The van der Waals surface area contributed by atoms with Gasteiger partial charge in [-0.3, -0.25) is 19.6 Å². The van der Waals surface area contributed by atoms with Gasteiger partial charge >= 0.3 is 6.09 Å². The first-order valence-corrected chi connectivity index (χ1v) is 22.7. The molecule has 352 valence electrons. The number of hydrogen-bond donors (Lipinski definition) is 2. The summed E-state index contributed by atoms with van der Waals surface area (Å²) in [7, 11) is 3.21. The van der Waals surface area contributed by atoms with Crippen molar-refractivity contribution in [2.24, 2.45) is 17.6 Å². The second kappa shape index (κ2) is 22.5. The van der Waals surface area contributed by atoms with E-state index in [1.165, 1.54) is 0 Å². The Kier molecular flexibility index (Phi) is 17.6. The van der Waals surface area contributed by atoms with Gasteiger partial charge in [0.05, 0.1) is 62.5 Å². The van der Waals surface area contributed by atoms with Gasteiger partial charge in [-0.2, -0.15) is 0 Å². The van der Waals surface area contributed by atoms with E-state index in [-0.39, 0.29) is 29.8 Å². The van der Waals surface area contributed by atoms with E-state index in [2.05, 4.69) is 43.0 Å². The lowest BCUT2D eigenvalue weighted by Crippen LogP contribution is -2.42. The summed E-state index contributed by atoms with van der Waals surface area (Å²) in [5.41, 5.74) is 8.10. The Balaban J connectivity index is 0.000000250. The average Bonchev–Trinajstić information content (AvgIpc) is 3.21. The summed E-state index contributed by atoms with van der Waals surface area (Å²) in [5.74, 6) is 1.76. The predicted molar refractivity (Wildman–Crippen MR) is 261 cm³/mol. The molecule has 4 heterocycles. The third-order valence-electron chi connectivity index (χ3n) is 10.6. The SMILES string of the molecule is COCCn1c(=O)c2c(C)nccc2c2cc(Cl)c(OC[C@@H](N)CC(C)C)cc21.COCCn1c(=O)c2c(C)nccc2c2cc(Cl)c(OC[C@H](CC(C)C)NC(=O)OC(C)(C)C)cc21. The van der Waals surface area contributed by atoms with Crippen LogP contribution in [0, 0.1) is 25.7 Å². The number of nitrogens with zero attached hydrogens (tertiary/aromatic N) is 4. The van der Waals surface area contributed by atoms with Crippen molar-refractivity contribution in [3.05, 3.63) is 90.9 Å². The lowest BCUT2D eigenvalue weighted by Gasteiger charge is -2.25. The van der Waals surface area contributed by atoms with Crippen LogP contribution in [-0.4, -0.2) is 83.5 Å². The van der Waals surface area contributed by atoms with Crippen LogP contribution in [0.3, 0.4) is 0 Å². The number of halogens is 2. The number of methoxy groups -OCH3 is 2. The fourth-order valence-corrected chi connectivity index (χ4v) is 8.31. The van der Waals surface area contributed by atoms with Gasteiger partial charge in [-0.15, -0.1) is 0 Å². The Morgan fingerprint density at radius 2 is 1.17 bits per heavy atom. The molecule has 0 unspecified atom stereocenters. The van der Waals surface area contributed by atoms with Crippen molar-refractivity contribution in [2.75, 3.05) is 40.6 Å². The Hall–Kier alpha value is -4.99. The molecule has 2 atom stereocenters. The highest BCUT2D eigenvalue weighted by Gasteiger charge is 2.23. The fourth-order valence-electron chi connectivity index (χ4n) is 7.88. The molecule has 0 spiro atoms. The molecule has 2 aromatic carbocycles. The number of aromatic nitrogens is 4. The minimum absolute atomic E-state index is 0.0808. The lowest BCUT2D eigenvalue weighted by molar-refractivity contribution is 0.0480. The number of alkyl carbamates (subject to hydrolysis) is 1. The van der Waals surface area contributed by atoms with Crippen molar-refractivity contribution >= 4 is 72.6 Å². The maximum absolute atomic E-state index is 13.4. The van der Waals surface area contributed by atoms with Crippen molar-refractivity contribution in [3.8, 4) is 11.5 Å². The van der Waals surface area contributed by atoms with Gasteiger partial charge in [0, 0.05) is 68.6 Å². The summed E-state index contributed by atoms with van der Waals surface area (Å²) < 4.78 is 31.3. The summed E-state index contributed by atoms with van der Waals surface area (Å²) in [6.07, 6.45) is 4.46. The van der Waals surface area contributed by atoms with E-state index in [1.54, 1.807) is 41.8 Å². The topological polar surface area (TPSA) is 171 Å². The Bertz CT molecular complexity index is 2750. The van der Waals surface area contributed by atoms with Gasteiger partial charge in [-0.1, -0.05) is 50.9 Å². The lowest BCUT2D eigenvalue weighted by atomic mass is 10.0. The number of rotatable bonds is 17. The number of nitrogens with one attached hydrogen (secondary N) is 1. The van der Waals surface area contributed by atoms with E-state index in [0.29, 0.717) is 100 Å².